The average molecular weight is 315 g/mol. The molecule has 0 aromatic heterocycles. The highest BCUT2D eigenvalue weighted by Crippen LogP contribution is 2.38. The molecule has 100 valence electrons. The van der Waals surface area contributed by atoms with Gasteiger partial charge in [-0.25, -0.2) is 4.39 Å². The van der Waals surface area contributed by atoms with Gasteiger partial charge in [-0.2, -0.15) is 0 Å². The first-order valence-electron chi connectivity index (χ1n) is 6.74. The van der Waals surface area contributed by atoms with E-state index in [1.54, 1.807) is 6.07 Å². The van der Waals surface area contributed by atoms with Gasteiger partial charge in [0.2, 0.25) is 0 Å². The zero-order valence-corrected chi connectivity index (χ0v) is 12.3. The van der Waals surface area contributed by atoms with Crippen molar-refractivity contribution in [2.75, 3.05) is 0 Å². The Kier molecular flexibility index (Phi) is 4.79. The fourth-order valence-corrected chi connectivity index (χ4v) is 3.13. The van der Waals surface area contributed by atoms with Gasteiger partial charge >= 0.3 is 0 Å². The van der Waals surface area contributed by atoms with Crippen LogP contribution in [0.3, 0.4) is 0 Å². The van der Waals surface area contributed by atoms with Gasteiger partial charge in [0, 0.05) is 0 Å². The van der Waals surface area contributed by atoms with Crippen LogP contribution in [0, 0.1) is 17.7 Å². The molecule has 2 rings (SSSR count). The maximum absolute atomic E-state index is 13.5. The molecule has 18 heavy (non-hydrogen) atoms. The van der Waals surface area contributed by atoms with Crippen molar-refractivity contribution in [2.45, 2.75) is 45.1 Å². The van der Waals surface area contributed by atoms with E-state index in [9.17, 15) is 9.50 Å². The maximum atomic E-state index is 13.5. The Morgan fingerprint density at radius 2 is 2.00 bits per heavy atom. The average Bonchev–Trinajstić information content (AvgIpc) is 2.41. The van der Waals surface area contributed by atoms with Crippen molar-refractivity contribution in [3.05, 3.63) is 34.1 Å². The second kappa shape index (κ2) is 6.16. The molecule has 0 radical (unpaired) electrons. The molecule has 1 nitrogen and oxygen atoms in total. The number of rotatable bonds is 3. The molecule has 1 unspecified atom stereocenters. The van der Waals surface area contributed by atoms with Crippen LogP contribution in [0.4, 0.5) is 4.39 Å². The molecule has 1 aliphatic carbocycles. The van der Waals surface area contributed by atoms with Gasteiger partial charge in [0.1, 0.15) is 5.82 Å². The minimum atomic E-state index is -0.523. The summed E-state index contributed by atoms with van der Waals surface area (Å²) in [5.41, 5.74) is 0.704. The molecule has 0 aliphatic heterocycles. The Morgan fingerprint density at radius 3 is 2.56 bits per heavy atom. The second-order valence-electron chi connectivity index (χ2n) is 5.31. The van der Waals surface area contributed by atoms with E-state index in [0.717, 1.165) is 18.8 Å². The van der Waals surface area contributed by atoms with E-state index in [4.69, 9.17) is 0 Å². The van der Waals surface area contributed by atoms with E-state index in [1.165, 1.54) is 25.3 Å². The highest BCUT2D eigenvalue weighted by molar-refractivity contribution is 9.10. The van der Waals surface area contributed by atoms with Crippen LogP contribution in [0.5, 0.6) is 0 Å². The molecule has 1 aromatic rings. The molecule has 1 atom stereocenters. The SMILES string of the molecule is CCC1CCC(C(O)c2ccc(Br)c(F)c2)CC1. The Labute approximate surface area is 117 Å². The second-order valence-corrected chi connectivity index (χ2v) is 6.16. The third-order valence-corrected chi connectivity index (χ3v) is 4.84. The molecule has 0 spiro atoms. The largest absolute Gasteiger partial charge is 0.388 e. The summed E-state index contributed by atoms with van der Waals surface area (Å²) in [5.74, 6) is 0.803. The maximum Gasteiger partial charge on any atom is 0.137 e. The normalized spacial score (nSPS) is 26.0. The third kappa shape index (κ3) is 3.12. The van der Waals surface area contributed by atoms with Crippen LogP contribution < -0.4 is 0 Å². The van der Waals surface area contributed by atoms with Crippen LogP contribution in [-0.2, 0) is 0 Å². The van der Waals surface area contributed by atoms with E-state index in [-0.39, 0.29) is 11.7 Å². The minimum Gasteiger partial charge on any atom is -0.388 e. The van der Waals surface area contributed by atoms with Crippen molar-refractivity contribution in [3.8, 4) is 0 Å². The van der Waals surface area contributed by atoms with Crippen LogP contribution in [0.2, 0.25) is 0 Å². The van der Waals surface area contributed by atoms with Gasteiger partial charge in [0.25, 0.3) is 0 Å². The smallest absolute Gasteiger partial charge is 0.137 e. The fraction of sp³-hybridized carbons (Fsp3) is 0.600. The first-order valence-corrected chi connectivity index (χ1v) is 7.54. The van der Waals surface area contributed by atoms with Crippen molar-refractivity contribution in [2.24, 2.45) is 11.8 Å². The van der Waals surface area contributed by atoms with Crippen molar-refractivity contribution in [1.82, 2.24) is 0 Å². The molecule has 3 heteroatoms. The van der Waals surface area contributed by atoms with Crippen molar-refractivity contribution < 1.29 is 9.50 Å². The van der Waals surface area contributed by atoms with Gasteiger partial charge < -0.3 is 5.11 Å². The first kappa shape index (κ1) is 14.0. The molecule has 1 saturated carbocycles. The molecule has 0 saturated heterocycles. The lowest BCUT2D eigenvalue weighted by Crippen LogP contribution is -2.20. The Hall–Kier alpha value is -0.410. The van der Waals surface area contributed by atoms with E-state index >= 15 is 0 Å². The number of hydrogen-bond acceptors (Lipinski definition) is 1. The minimum absolute atomic E-state index is 0.286. The highest BCUT2D eigenvalue weighted by atomic mass is 79.9. The van der Waals surface area contributed by atoms with Gasteiger partial charge in [-0.1, -0.05) is 32.3 Å². The van der Waals surface area contributed by atoms with Gasteiger partial charge in [-0.3, -0.25) is 0 Å². The van der Waals surface area contributed by atoms with Crippen LogP contribution >= 0.6 is 15.9 Å². The van der Waals surface area contributed by atoms with E-state index in [2.05, 4.69) is 22.9 Å². The number of halogens is 2. The topological polar surface area (TPSA) is 20.2 Å². The molecule has 0 amide bonds. The van der Waals surface area contributed by atoms with Crippen molar-refractivity contribution >= 4 is 15.9 Å². The summed E-state index contributed by atoms with van der Waals surface area (Å²) in [5, 5.41) is 10.3. The Morgan fingerprint density at radius 1 is 1.33 bits per heavy atom. The first-order chi connectivity index (χ1) is 8.61. The number of aliphatic hydroxyl groups is 1. The number of aliphatic hydroxyl groups excluding tert-OH is 1. The van der Waals surface area contributed by atoms with Crippen LogP contribution in [0.15, 0.2) is 22.7 Å². The van der Waals surface area contributed by atoms with Crippen molar-refractivity contribution in [1.29, 1.82) is 0 Å². The number of hydrogen-bond donors (Lipinski definition) is 1. The monoisotopic (exact) mass is 314 g/mol. The van der Waals surface area contributed by atoms with Crippen LogP contribution in [-0.4, -0.2) is 5.11 Å². The van der Waals surface area contributed by atoms with Gasteiger partial charge in [0.05, 0.1) is 10.6 Å². The van der Waals surface area contributed by atoms with Crippen LogP contribution in [0.1, 0.15) is 50.7 Å². The number of benzene rings is 1. The molecule has 1 aromatic carbocycles. The van der Waals surface area contributed by atoms with E-state index < -0.39 is 6.10 Å². The molecule has 0 heterocycles. The van der Waals surface area contributed by atoms with E-state index in [0.29, 0.717) is 10.0 Å². The zero-order chi connectivity index (χ0) is 13.1. The Bertz CT molecular complexity index is 399. The van der Waals surface area contributed by atoms with Crippen molar-refractivity contribution in [3.63, 3.8) is 0 Å². The summed E-state index contributed by atoms with van der Waals surface area (Å²) in [6, 6.07) is 4.93. The summed E-state index contributed by atoms with van der Waals surface area (Å²) in [6.07, 6.45) is 5.20. The quantitative estimate of drug-likeness (QED) is 0.846. The summed E-state index contributed by atoms with van der Waals surface area (Å²) in [4.78, 5) is 0. The third-order valence-electron chi connectivity index (χ3n) is 4.20. The van der Waals surface area contributed by atoms with Crippen LogP contribution in [0.25, 0.3) is 0 Å². The fourth-order valence-electron chi connectivity index (χ4n) is 2.88. The van der Waals surface area contributed by atoms with Gasteiger partial charge in [-0.05, 0) is 58.3 Å². The molecular formula is C15H20BrFO. The molecular weight excluding hydrogens is 295 g/mol. The Balaban J connectivity index is 2.03. The summed E-state index contributed by atoms with van der Waals surface area (Å²) < 4.78 is 13.9. The van der Waals surface area contributed by atoms with Gasteiger partial charge in [0.15, 0.2) is 0 Å². The standard InChI is InChI=1S/C15H20BrFO/c1-2-10-3-5-11(6-4-10)15(18)12-7-8-13(16)14(17)9-12/h7-11,15,18H,2-6H2,1H3. The summed E-state index contributed by atoms with van der Waals surface area (Å²) in [7, 11) is 0. The predicted octanol–water partition coefficient (Wildman–Crippen LogP) is 4.84. The lowest BCUT2D eigenvalue weighted by Gasteiger charge is -2.31. The molecule has 1 fully saturated rings. The summed E-state index contributed by atoms with van der Waals surface area (Å²) >= 11 is 3.14. The molecule has 0 bridgehead atoms. The lowest BCUT2D eigenvalue weighted by molar-refractivity contribution is 0.0727. The van der Waals surface area contributed by atoms with E-state index in [1.807, 2.05) is 6.07 Å². The molecule has 1 aliphatic rings. The zero-order valence-electron chi connectivity index (χ0n) is 10.7. The van der Waals surface area contributed by atoms with Gasteiger partial charge in [-0.15, -0.1) is 0 Å². The summed E-state index contributed by atoms with van der Waals surface area (Å²) in [6.45, 7) is 2.23. The molecule has 1 N–H and O–H groups in total. The predicted molar refractivity (Wildman–Crippen MR) is 74.8 cm³/mol. The highest BCUT2D eigenvalue weighted by Gasteiger charge is 2.26. The lowest BCUT2D eigenvalue weighted by atomic mass is 9.77.